The summed E-state index contributed by atoms with van der Waals surface area (Å²) in [6.07, 6.45) is 8.30. The Labute approximate surface area is 172 Å². The van der Waals surface area contributed by atoms with E-state index in [0.29, 0.717) is 29.4 Å². The van der Waals surface area contributed by atoms with Crippen molar-refractivity contribution in [1.82, 2.24) is 19.9 Å². The van der Waals surface area contributed by atoms with Crippen molar-refractivity contribution in [2.45, 2.75) is 44.2 Å². The Balaban J connectivity index is 1.29. The number of anilines is 1. The zero-order valence-electron chi connectivity index (χ0n) is 16.4. The number of nitrogens with one attached hydrogen (secondary N) is 1. The van der Waals surface area contributed by atoms with Gasteiger partial charge in [0.25, 0.3) is 5.91 Å². The van der Waals surface area contributed by atoms with E-state index >= 15 is 0 Å². The number of benzene rings is 1. The summed E-state index contributed by atoms with van der Waals surface area (Å²) in [5.74, 6) is -0.733. The number of carbonyl (C=O) groups is 2. The van der Waals surface area contributed by atoms with Crippen molar-refractivity contribution in [1.29, 1.82) is 0 Å². The monoisotopic (exact) mass is 407 g/mol. The summed E-state index contributed by atoms with van der Waals surface area (Å²) >= 11 is 0. The number of fused-ring (bicyclic) bond motifs is 1. The third kappa shape index (κ3) is 3.42. The summed E-state index contributed by atoms with van der Waals surface area (Å²) in [5.41, 5.74) is 2.55. The molecule has 2 aliphatic rings. The minimum absolute atomic E-state index is 0.101. The van der Waals surface area contributed by atoms with Crippen LogP contribution in [0.15, 0.2) is 42.9 Å². The third-order valence-electron chi connectivity index (χ3n) is 5.99. The van der Waals surface area contributed by atoms with Crippen LogP contribution in [0.25, 0.3) is 11.2 Å². The predicted molar refractivity (Wildman–Crippen MR) is 110 cm³/mol. The van der Waals surface area contributed by atoms with Crippen LogP contribution in [0.4, 0.5) is 10.1 Å². The molecule has 1 aliphatic heterocycles. The summed E-state index contributed by atoms with van der Waals surface area (Å²) in [6, 6.07) is 7.63. The maximum Gasteiger partial charge on any atom is 0.253 e. The highest BCUT2D eigenvalue weighted by Gasteiger charge is 2.32. The molecule has 1 unspecified atom stereocenters. The Morgan fingerprint density at radius 1 is 1.13 bits per heavy atom. The number of pyridine rings is 1. The number of halogens is 1. The van der Waals surface area contributed by atoms with Crippen LogP contribution >= 0.6 is 0 Å². The van der Waals surface area contributed by atoms with E-state index in [9.17, 15) is 14.0 Å². The molecule has 1 saturated carbocycles. The third-order valence-corrected chi connectivity index (χ3v) is 5.99. The Hall–Kier alpha value is -3.29. The topological polar surface area (TPSA) is 80.1 Å². The summed E-state index contributed by atoms with van der Waals surface area (Å²) in [5, 5.41) is 2.91. The second-order valence-electron chi connectivity index (χ2n) is 8.01. The molecule has 5 rings (SSSR count). The first-order chi connectivity index (χ1) is 14.6. The lowest BCUT2D eigenvalue weighted by molar-refractivity contribution is -0.117. The summed E-state index contributed by atoms with van der Waals surface area (Å²) in [6.45, 7) is 0.349. The first-order valence-electron chi connectivity index (χ1n) is 10.3. The second-order valence-corrected chi connectivity index (χ2v) is 8.01. The van der Waals surface area contributed by atoms with Crippen molar-refractivity contribution in [3.8, 4) is 0 Å². The number of amides is 2. The molecule has 0 radical (unpaired) electrons. The van der Waals surface area contributed by atoms with Crippen LogP contribution in [0.3, 0.4) is 0 Å². The van der Waals surface area contributed by atoms with E-state index in [-0.39, 0.29) is 30.1 Å². The van der Waals surface area contributed by atoms with Gasteiger partial charge in [0.05, 0.1) is 17.9 Å². The maximum atomic E-state index is 13.1. The standard InChI is InChI=1S/C22H22FN5O2/c23-15-5-7-18(8-6-15)27-12-16(10-20(27)29)26-22(30)14-9-19-21(24-11-14)28(13-25-19)17-3-1-2-4-17/h5-9,11,13,16-17H,1-4,10,12H2,(H,26,30). The van der Waals surface area contributed by atoms with Crippen LogP contribution in [0.5, 0.6) is 0 Å². The Kier molecular flexibility index (Phi) is 4.69. The van der Waals surface area contributed by atoms with Gasteiger partial charge < -0.3 is 14.8 Å². The van der Waals surface area contributed by atoms with Gasteiger partial charge in [-0.25, -0.2) is 14.4 Å². The fraction of sp³-hybridized carbons (Fsp3) is 0.364. The summed E-state index contributed by atoms with van der Waals surface area (Å²) in [4.78, 5) is 35.6. The zero-order chi connectivity index (χ0) is 20.7. The predicted octanol–water partition coefficient (Wildman–Crippen LogP) is 3.22. The van der Waals surface area contributed by atoms with Crippen LogP contribution in [0, 0.1) is 5.82 Å². The Morgan fingerprint density at radius 2 is 1.90 bits per heavy atom. The van der Waals surface area contributed by atoms with Crippen molar-refractivity contribution >= 4 is 28.7 Å². The first-order valence-corrected chi connectivity index (χ1v) is 10.3. The minimum atomic E-state index is -0.353. The van der Waals surface area contributed by atoms with Crippen LogP contribution in [0.1, 0.15) is 48.5 Å². The Morgan fingerprint density at radius 3 is 2.67 bits per heavy atom. The molecule has 1 N–H and O–H groups in total. The lowest BCUT2D eigenvalue weighted by Gasteiger charge is -2.17. The lowest BCUT2D eigenvalue weighted by atomic mass is 10.2. The van der Waals surface area contributed by atoms with Crippen molar-refractivity contribution in [3.05, 3.63) is 54.2 Å². The average Bonchev–Trinajstić information content (AvgIpc) is 3.47. The van der Waals surface area contributed by atoms with E-state index in [1.807, 2.05) is 6.33 Å². The Bertz CT molecular complexity index is 1100. The van der Waals surface area contributed by atoms with Gasteiger partial charge in [0.1, 0.15) is 11.3 Å². The molecular formula is C22H22FN5O2. The largest absolute Gasteiger partial charge is 0.347 e. The van der Waals surface area contributed by atoms with Gasteiger partial charge in [0.15, 0.2) is 5.65 Å². The van der Waals surface area contributed by atoms with Gasteiger partial charge in [-0.05, 0) is 43.2 Å². The first kappa shape index (κ1) is 18.7. The lowest BCUT2D eigenvalue weighted by Crippen LogP contribution is -2.37. The molecule has 2 aromatic heterocycles. The highest BCUT2D eigenvalue weighted by atomic mass is 19.1. The fourth-order valence-corrected chi connectivity index (χ4v) is 4.44. The number of rotatable bonds is 4. The molecule has 154 valence electrons. The van der Waals surface area contributed by atoms with Crippen molar-refractivity contribution in [2.75, 3.05) is 11.4 Å². The number of imidazole rings is 1. The molecule has 1 aromatic carbocycles. The molecule has 7 nitrogen and oxygen atoms in total. The molecule has 1 saturated heterocycles. The summed E-state index contributed by atoms with van der Waals surface area (Å²) in [7, 11) is 0. The molecule has 2 amide bonds. The van der Waals surface area contributed by atoms with E-state index in [4.69, 9.17) is 0 Å². The SMILES string of the molecule is O=C(NC1CC(=O)N(c2ccc(F)cc2)C1)c1cnc2c(c1)ncn2C1CCCC1. The maximum absolute atomic E-state index is 13.1. The van der Waals surface area contributed by atoms with Gasteiger partial charge >= 0.3 is 0 Å². The van der Waals surface area contributed by atoms with E-state index in [2.05, 4.69) is 19.9 Å². The van der Waals surface area contributed by atoms with Gasteiger partial charge in [-0.3, -0.25) is 9.59 Å². The van der Waals surface area contributed by atoms with Crippen molar-refractivity contribution in [3.63, 3.8) is 0 Å². The zero-order valence-corrected chi connectivity index (χ0v) is 16.4. The van der Waals surface area contributed by atoms with Gasteiger partial charge in [-0.1, -0.05) is 12.8 Å². The van der Waals surface area contributed by atoms with E-state index < -0.39 is 0 Å². The number of carbonyl (C=O) groups excluding carboxylic acids is 2. The van der Waals surface area contributed by atoms with Crippen LogP contribution in [-0.4, -0.2) is 38.9 Å². The van der Waals surface area contributed by atoms with Gasteiger partial charge in [-0.15, -0.1) is 0 Å². The number of nitrogens with zero attached hydrogens (tertiary/aromatic N) is 4. The van der Waals surface area contributed by atoms with Crippen LogP contribution in [0.2, 0.25) is 0 Å². The van der Waals surface area contributed by atoms with Crippen molar-refractivity contribution in [2.24, 2.45) is 0 Å². The highest BCUT2D eigenvalue weighted by molar-refractivity contribution is 5.99. The van der Waals surface area contributed by atoms with E-state index in [0.717, 1.165) is 18.5 Å². The summed E-state index contributed by atoms with van der Waals surface area (Å²) < 4.78 is 15.2. The van der Waals surface area contributed by atoms with Crippen LogP contribution < -0.4 is 10.2 Å². The number of aromatic nitrogens is 3. The van der Waals surface area contributed by atoms with Crippen LogP contribution in [-0.2, 0) is 4.79 Å². The fourth-order valence-electron chi connectivity index (χ4n) is 4.44. The van der Waals surface area contributed by atoms with Gasteiger partial charge in [0, 0.05) is 30.9 Å². The molecule has 0 bridgehead atoms. The molecule has 30 heavy (non-hydrogen) atoms. The molecule has 1 aliphatic carbocycles. The minimum Gasteiger partial charge on any atom is -0.347 e. The highest BCUT2D eigenvalue weighted by Crippen LogP contribution is 2.31. The number of hydrogen-bond donors (Lipinski definition) is 1. The molecule has 0 spiro atoms. The second kappa shape index (κ2) is 7.51. The number of hydrogen-bond acceptors (Lipinski definition) is 4. The molecule has 1 atom stereocenters. The smallest absolute Gasteiger partial charge is 0.253 e. The van der Waals surface area contributed by atoms with Gasteiger partial charge in [-0.2, -0.15) is 0 Å². The molecule has 8 heteroatoms. The van der Waals surface area contributed by atoms with E-state index in [1.54, 1.807) is 29.3 Å². The molecule has 3 heterocycles. The average molecular weight is 407 g/mol. The van der Waals surface area contributed by atoms with Gasteiger partial charge in [0.2, 0.25) is 5.91 Å². The van der Waals surface area contributed by atoms with E-state index in [1.165, 1.54) is 25.0 Å². The molecule has 2 fully saturated rings. The van der Waals surface area contributed by atoms with Crippen molar-refractivity contribution < 1.29 is 14.0 Å². The molecule has 3 aromatic rings. The quantitative estimate of drug-likeness (QED) is 0.720. The molecular weight excluding hydrogens is 385 g/mol. The normalized spacial score (nSPS) is 19.7.